The van der Waals surface area contributed by atoms with E-state index >= 15 is 0 Å². The second-order valence-corrected chi connectivity index (χ2v) is 13.5. The predicted molar refractivity (Wildman–Crippen MR) is 222 cm³/mol. The average Bonchev–Trinajstić information content (AvgIpc) is 3.57. The highest BCUT2D eigenvalue weighted by Crippen LogP contribution is 2.46. The molecule has 2 heteroatoms. The van der Waals surface area contributed by atoms with Gasteiger partial charge in [-0.2, -0.15) is 5.26 Å². The number of rotatable bonds is 5. The third-order valence-electron chi connectivity index (χ3n) is 10.6. The van der Waals surface area contributed by atoms with E-state index < -0.39 is 0 Å². The van der Waals surface area contributed by atoms with E-state index in [0.29, 0.717) is 5.56 Å². The minimum absolute atomic E-state index is 0.635. The molecule has 1 aromatic heterocycles. The molecule has 0 unspecified atom stereocenters. The van der Waals surface area contributed by atoms with Gasteiger partial charge in [0.15, 0.2) is 0 Å². The van der Waals surface area contributed by atoms with Crippen LogP contribution < -0.4 is 0 Å². The highest BCUT2D eigenvalue weighted by molar-refractivity contribution is 6.22. The lowest BCUT2D eigenvalue weighted by Crippen LogP contribution is -1.98. The Hall–Kier alpha value is -7.21. The molecule has 246 valence electrons. The molecule has 0 fully saturated rings. The number of nitriles is 1. The van der Waals surface area contributed by atoms with Crippen LogP contribution in [0.4, 0.5) is 0 Å². The molecule has 0 saturated heterocycles. The SMILES string of the molecule is N#Cc1cc(-c2cccc(-c3ccccc3-c3c4ccccc4c(-c4ccccc4)c4ccccc34)c2)ccc1-n1c2ccccc2c2ccccc21. The number of hydrogen-bond donors (Lipinski definition) is 0. The number of aromatic nitrogens is 1. The standard InChI is InChI=1S/C51H32N2/c52-33-38-32-36(29-30-47(38)53-48-27-12-10-20-40(48)41-21-11-13-28-49(41)53)35-17-14-18-37(31-35)39-19-4-5-22-42(39)51-45-25-8-6-23-43(45)50(34-15-2-1-3-16-34)44-24-7-9-26-46(44)51/h1-32H. The van der Waals surface area contributed by atoms with Gasteiger partial charge < -0.3 is 4.57 Å². The molecule has 0 amide bonds. The van der Waals surface area contributed by atoms with Gasteiger partial charge in [0.25, 0.3) is 0 Å². The maximum Gasteiger partial charge on any atom is 0.101 e. The zero-order valence-corrected chi connectivity index (χ0v) is 28.9. The highest BCUT2D eigenvalue weighted by Gasteiger charge is 2.19. The molecule has 53 heavy (non-hydrogen) atoms. The van der Waals surface area contributed by atoms with Crippen molar-refractivity contribution >= 4 is 43.4 Å². The molecule has 0 saturated carbocycles. The Bertz CT molecular complexity index is 2960. The smallest absolute Gasteiger partial charge is 0.101 e. The van der Waals surface area contributed by atoms with Crippen LogP contribution in [0, 0.1) is 11.3 Å². The number of benzene rings is 9. The van der Waals surface area contributed by atoms with Gasteiger partial charge in [0.2, 0.25) is 0 Å². The maximum atomic E-state index is 10.5. The van der Waals surface area contributed by atoms with E-state index in [4.69, 9.17) is 0 Å². The van der Waals surface area contributed by atoms with Crippen LogP contribution in [0.5, 0.6) is 0 Å². The Morgan fingerprint density at radius 3 is 1.43 bits per heavy atom. The molecule has 0 atom stereocenters. The van der Waals surface area contributed by atoms with E-state index in [2.05, 4.69) is 199 Å². The van der Waals surface area contributed by atoms with E-state index in [1.54, 1.807) is 0 Å². The minimum atomic E-state index is 0.635. The van der Waals surface area contributed by atoms with Gasteiger partial charge in [-0.1, -0.05) is 164 Å². The van der Waals surface area contributed by atoms with Gasteiger partial charge in [-0.25, -0.2) is 0 Å². The quantitative estimate of drug-likeness (QED) is 0.167. The Kier molecular flexibility index (Phi) is 7.23. The third kappa shape index (κ3) is 4.94. The largest absolute Gasteiger partial charge is 0.308 e. The Morgan fingerprint density at radius 2 is 0.811 bits per heavy atom. The molecular weight excluding hydrogens is 641 g/mol. The molecule has 0 aliphatic heterocycles. The van der Waals surface area contributed by atoms with E-state index in [0.717, 1.165) is 33.4 Å². The average molecular weight is 673 g/mol. The van der Waals surface area contributed by atoms with Crippen LogP contribution in [0.15, 0.2) is 194 Å². The Morgan fingerprint density at radius 1 is 0.340 bits per heavy atom. The molecule has 0 aliphatic carbocycles. The molecule has 0 aliphatic rings. The predicted octanol–water partition coefficient (Wildman–Crippen LogP) is 13.6. The lowest BCUT2D eigenvalue weighted by atomic mass is 9.83. The summed E-state index contributed by atoms with van der Waals surface area (Å²) in [6.45, 7) is 0. The van der Waals surface area contributed by atoms with Crippen LogP contribution in [-0.4, -0.2) is 4.57 Å². The van der Waals surface area contributed by atoms with Crippen LogP contribution in [0.3, 0.4) is 0 Å². The van der Waals surface area contributed by atoms with E-state index in [1.807, 2.05) is 6.07 Å². The summed E-state index contributed by atoms with van der Waals surface area (Å²) in [6, 6.07) is 71.5. The van der Waals surface area contributed by atoms with Gasteiger partial charge >= 0.3 is 0 Å². The van der Waals surface area contributed by atoms with E-state index in [9.17, 15) is 5.26 Å². The molecule has 10 rings (SSSR count). The summed E-state index contributed by atoms with van der Waals surface area (Å²) in [7, 11) is 0. The Labute approximate surface area is 308 Å². The van der Waals surface area contributed by atoms with Crippen molar-refractivity contribution in [3.05, 3.63) is 200 Å². The van der Waals surface area contributed by atoms with Crippen LogP contribution in [0.1, 0.15) is 5.56 Å². The normalized spacial score (nSPS) is 11.4. The summed E-state index contributed by atoms with van der Waals surface area (Å²) >= 11 is 0. The van der Waals surface area contributed by atoms with E-state index in [-0.39, 0.29) is 0 Å². The monoisotopic (exact) mass is 672 g/mol. The fourth-order valence-electron chi connectivity index (χ4n) is 8.34. The molecule has 1 heterocycles. The maximum absolute atomic E-state index is 10.5. The first-order valence-corrected chi connectivity index (χ1v) is 18.0. The first-order chi connectivity index (χ1) is 26.3. The van der Waals surface area contributed by atoms with Crippen LogP contribution >= 0.6 is 0 Å². The van der Waals surface area contributed by atoms with Gasteiger partial charge in [-0.15, -0.1) is 0 Å². The fraction of sp³-hybridized carbons (Fsp3) is 0. The van der Waals surface area contributed by atoms with Gasteiger partial charge in [0.1, 0.15) is 6.07 Å². The summed E-state index contributed by atoms with van der Waals surface area (Å²) in [5.41, 5.74) is 13.0. The summed E-state index contributed by atoms with van der Waals surface area (Å²) in [5, 5.41) is 17.8. The summed E-state index contributed by atoms with van der Waals surface area (Å²) in [4.78, 5) is 0. The van der Waals surface area contributed by atoms with Crippen LogP contribution in [-0.2, 0) is 0 Å². The molecule has 0 N–H and O–H groups in total. The zero-order chi connectivity index (χ0) is 35.3. The molecule has 0 bridgehead atoms. The first kappa shape index (κ1) is 30.6. The van der Waals surface area contributed by atoms with Crippen molar-refractivity contribution in [2.45, 2.75) is 0 Å². The Balaban J connectivity index is 1.13. The number of hydrogen-bond acceptors (Lipinski definition) is 1. The molecule has 0 spiro atoms. The lowest BCUT2D eigenvalue weighted by molar-refractivity contribution is 1.17. The van der Waals surface area contributed by atoms with Crippen molar-refractivity contribution in [3.8, 4) is 56.3 Å². The second kappa shape index (κ2) is 12.5. The molecular formula is C51H32N2. The molecule has 10 aromatic rings. The summed E-state index contributed by atoms with van der Waals surface area (Å²) in [6.07, 6.45) is 0. The van der Waals surface area contributed by atoms with Crippen molar-refractivity contribution in [1.82, 2.24) is 4.57 Å². The van der Waals surface area contributed by atoms with Crippen LogP contribution in [0.2, 0.25) is 0 Å². The number of nitrogens with zero attached hydrogens (tertiary/aromatic N) is 2. The van der Waals surface area contributed by atoms with Gasteiger partial charge in [-0.3, -0.25) is 0 Å². The van der Waals surface area contributed by atoms with Gasteiger partial charge in [0.05, 0.1) is 22.3 Å². The van der Waals surface area contributed by atoms with Crippen molar-refractivity contribution in [2.24, 2.45) is 0 Å². The van der Waals surface area contributed by atoms with E-state index in [1.165, 1.54) is 60.1 Å². The molecule has 2 nitrogen and oxygen atoms in total. The van der Waals surface area contributed by atoms with Crippen molar-refractivity contribution in [1.29, 1.82) is 5.26 Å². The van der Waals surface area contributed by atoms with Crippen molar-refractivity contribution < 1.29 is 0 Å². The van der Waals surface area contributed by atoms with Gasteiger partial charge in [-0.05, 0) is 96.4 Å². The third-order valence-corrected chi connectivity index (χ3v) is 10.6. The molecule has 0 radical (unpaired) electrons. The zero-order valence-electron chi connectivity index (χ0n) is 28.9. The van der Waals surface area contributed by atoms with Gasteiger partial charge in [0, 0.05) is 10.8 Å². The van der Waals surface area contributed by atoms with Crippen LogP contribution in [0.25, 0.3) is 93.5 Å². The number of para-hydroxylation sites is 2. The fourth-order valence-corrected chi connectivity index (χ4v) is 8.34. The highest BCUT2D eigenvalue weighted by atomic mass is 15.0. The lowest BCUT2D eigenvalue weighted by Gasteiger charge is -2.20. The minimum Gasteiger partial charge on any atom is -0.308 e. The number of fused-ring (bicyclic) bond motifs is 5. The van der Waals surface area contributed by atoms with Crippen molar-refractivity contribution in [3.63, 3.8) is 0 Å². The molecule has 9 aromatic carbocycles. The second-order valence-electron chi connectivity index (χ2n) is 13.5. The first-order valence-electron chi connectivity index (χ1n) is 18.0. The topological polar surface area (TPSA) is 28.7 Å². The summed E-state index contributed by atoms with van der Waals surface area (Å²) < 4.78 is 2.22. The van der Waals surface area contributed by atoms with Crippen molar-refractivity contribution in [2.75, 3.05) is 0 Å². The summed E-state index contributed by atoms with van der Waals surface area (Å²) in [5.74, 6) is 0.